The summed E-state index contributed by atoms with van der Waals surface area (Å²) >= 11 is 0. The highest BCUT2D eigenvalue weighted by Crippen LogP contribution is 2.44. The summed E-state index contributed by atoms with van der Waals surface area (Å²) in [4.78, 5) is 40.3. The van der Waals surface area contributed by atoms with Crippen LogP contribution in [0.2, 0.25) is 0 Å². The highest BCUT2D eigenvalue weighted by Gasteiger charge is 2.33. The van der Waals surface area contributed by atoms with Crippen molar-refractivity contribution in [2.45, 2.75) is 44.8 Å². The lowest BCUT2D eigenvalue weighted by molar-refractivity contribution is -0.130. The lowest BCUT2D eigenvalue weighted by Gasteiger charge is -2.30. The first kappa shape index (κ1) is 27.7. The molecule has 0 saturated heterocycles. The molecule has 0 spiro atoms. The maximum atomic E-state index is 13.4. The Kier molecular flexibility index (Phi) is 8.24. The van der Waals surface area contributed by atoms with Crippen LogP contribution >= 0.6 is 0 Å². The Morgan fingerprint density at radius 1 is 0.821 bits per heavy atom. The first-order valence-corrected chi connectivity index (χ1v) is 12.9. The van der Waals surface area contributed by atoms with Crippen LogP contribution in [-0.4, -0.2) is 60.3 Å². The topological polar surface area (TPSA) is 88.2 Å². The average molecular weight is 530 g/mol. The van der Waals surface area contributed by atoms with Crippen molar-refractivity contribution in [3.05, 3.63) is 95.6 Å². The Hall–Kier alpha value is -4.33. The maximum Gasteiger partial charge on any atom is 0.428 e. The van der Waals surface area contributed by atoms with Crippen LogP contribution in [0, 0.1) is 0 Å². The minimum Gasteiger partial charge on any atom is -0.448 e. The van der Waals surface area contributed by atoms with Gasteiger partial charge in [-0.2, -0.15) is 0 Å². The molecule has 8 heteroatoms. The van der Waals surface area contributed by atoms with E-state index in [2.05, 4.69) is 29.7 Å². The molecular weight excluding hydrogens is 494 g/mol. The minimum atomic E-state index is -0.937. The summed E-state index contributed by atoms with van der Waals surface area (Å²) < 4.78 is 11.1. The van der Waals surface area contributed by atoms with Gasteiger partial charge in [-0.1, -0.05) is 78.9 Å². The predicted molar refractivity (Wildman–Crippen MR) is 149 cm³/mol. The number of benzene rings is 3. The first-order chi connectivity index (χ1) is 18.5. The summed E-state index contributed by atoms with van der Waals surface area (Å²) in [6, 6.07) is 24.6. The molecule has 0 bridgehead atoms. The molecule has 1 aliphatic rings. The lowest BCUT2D eigenvalue weighted by atomic mass is 9.98. The van der Waals surface area contributed by atoms with Crippen molar-refractivity contribution in [1.82, 2.24) is 15.3 Å². The third kappa shape index (κ3) is 6.57. The van der Waals surface area contributed by atoms with Crippen molar-refractivity contribution < 1.29 is 23.9 Å². The van der Waals surface area contributed by atoms with Crippen LogP contribution in [0.4, 0.5) is 9.59 Å². The van der Waals surface area contributed by atoms with E-state index < -0.39 is 29.7 Å². The van der Waals surface area contributed by atoms with Gasteiger partial charge in [0.2, 0.25) is 0 Å². The molecule has 1 atom stereocenters. The fraction of sp³-hybridized carbons (Fsp3) is 0.323. The number of hydrogen-bond donors (Lipinski definition) is 1. The second kappa shape index (κ2) is 11.6. The van der Waals surface area contributed by atoms with Crippen LogP contribution in [-0.2, 0) is 20.7 Å². The van der Waals surface area contributed by atoms with E-state index >= 15 is 0 Å². The van der Waals surface area contributed by atoms with Crippen LogP contribution in [0.25, 0.3) is 11.1 Å². The Bertz CT molecular complexity index is 1290. The third-order valence-electron chi connectivity index (χ3n) is 6.61. The molecule has 0 heterocycles. The van der Waals surface area contributed by atoms with Gasteiger partial charge in [0, 0.05) is 26.4 Å². The van der Waals surface area contributed by atoms with Crippen molar-refractivity contribution >= 4 is 18.1 Å². The highest BCUT2D eigenvalue weighted by molar-refractivity contribution is 5.87. The number of hydrogen-bond acceptors (Lipinski definition) is 5. The van der Waals surface area contributed by atoms with Crippen molar-refractivity contribution in [2.24, 2.45) is 0 Å². The van der Waals surface area contributed by atoms with Crippen LogP contribution < -0.4 is 5.43 Å². The predicted octanol–water partition coefficient (Wildman–Crippen LogP) is 5.38. The number of carbonyl (C=O) groups is 3. The van der Waals surface area contributed by atoms with E-state index in [1.807, 2.05) is 54.6 Å². The van der Waals surface area contributed by atoms with Gasteiger partial charge >= 0.3 is 12.2 Å². The molecule has 3 amide bonds. The normalized spacial score (nSPS) is 13.1. The van der Waals surface area contributed by atoms with E-state index in [1.54, 1.807) is 20.8 Å². The lowest BCUT2D eigenvalue weighted by Crippen LogP contribution is -2.54. The Labute approximate surface area is 229 Å². The fourth-order valence-electron chi connectivity index (χ4n) is 4.68. The van der Waals surface area contributed by atoms with Crippen LogP contribution in [0.1, 0.15) is 43.4 Å². The van der Waals surface area contributed by atoms with Crippen LogP contribution in [0.15, 0.2) is 78.9 Å². The van der Waals surface area contributed by atoms with E-state index in [4.69, 9.17) is 9.47 Å². The average Bonchev–Trinajstić information content (AvgIpc) is 3.23. The number of nitrogens with one attached hydrogen (secondary N) is 1. The quantitative estimate of drug-likeness (QED) is 0.434. The summed E-state index contributed by atoms with van der Waals surface area (Å²) in [6.45, 7) is 5.35. The molecule has 0 unspecified atom stereocenters. The summed E-state index contributed by atoms with van der Waals surface area (Å²) in [5.41, 5.74) is 7.16. The molecule has 0 aromatic heterocycles. The van der Waals surface area contributed by atoms with E-state index in [1.165, 1.54) is 19.0 Å². The van der Waals surface area contributed by atoms with Crippen molar-refractivity contribution in [2.75, 3.05) is 20.7 Å². The largest absolute Gasteiger partial charge is 0.448 e. The molecule has 39 heavy (non-hydrogen) atoms. The van der Waals surface area contributed by atoms with Gasteiger partial charge in [0.15, 0.2) is 0 Å². The molecule has 3 aromatic rings. The first-order valence-electron chi connectivity index (χ1n) is 12.9. The van der Waals surface area contributed by atoms with Gasteiger partial charge in [0.25, 0.3) is 5.91 Å². The number of hydrazine groups is 1. The van der Waals surface area contributed by atoms with Crippen molar-refractivity contribution in [3.63, 3.8) is 0 Å². The monoisotopic (exact) mass is 529 g/mol. The van der Waals surface area contributed by atoms with E-state index in [0.717, 1.165) is 32.8 Å². The zero-order valence-corrected chi connectivity index (χ0v) is 23.0. The summed E-state index contributed by atoms with van der Waals surface area (Å²) in [7, 11) is 2.93. The molecular formula is C31H35N3O5. The van der Waals surface area contributed by atoms with Crippen LogP contribution in [0.5, 0.6) is 0 Å². The molecule has 0 aliphatic heterocycles. The molecule has 0 saturated carbocycles. The Balaban J connectivity index is 1.48. The second-order valence-corrected chi connectivity index (χ2v) is 10.6. The molecule has 0 fully saturated rings. The zero-order chi connectivity index (χ0) is 28.2. The highest BCUT2D eigenvalue weighted by atomic mass is 16.6. The molecule has 204 valence electrons. The third-order valence-corrected chi connectivity index (χ3v) is 6.61. The smallest absolute Gasteiger partial charge is 0.428 e. The van der Waals surface area contributed by atoms with Gasteiger partial charge in [0.05, 0.1) is 0 Å². The van der Waals surface area contributed by atoms with E-state index in [-0.39, 0.29) is 18.9 Å². The number of likely N-dealkylation sites (N-methyl/N-ethyl adjacent to an activating group) is 1. The Morgan fingerprint density at radius 2 is 1.36 bits per heavy atom. The summed E-state index contributed by atoms with van der Waals surface area (Å²) in [5.74, 6) is -0.641. The maximum absolute atomic E-state index is 13.4. The summed E-state index contributed by atoms with van der Waals surface area (Å²) in [5, 5.41) is 0.983. The molecule has 8 nitrogen and oxygen atoms in total. The number of rotatable bonds is 6. The van der Waals surface area contributed by atoms with Crippen molar-refractivity contribution in [1.29, 1.82) is 0 Å². The number of carbonyl (C=O) groups excluding carboxylic acids is 3. The number of fused-ring (bicyclic) bond motifs is 3. The van der Waals surface area contributed by atoms with Gasteiger partial charge in [-0.15, -0.1) is 0 Å². The zero-order valence-electron chi connectivity index (χ0n) is 23.0. The summed E-state index contributed by atoms with van der Waals surface area (Å²) in [6.07, 6.45) is -1.11. The number of nitrogens with zero attached hydrogens (tertiary/aromatic N) is 2. The minimum absolute atomic E-state index is 0.102. The number of ether oxygens (including phenoxy) is 2. The van der Waals surface area contributed by atoms with Gasteiger partial charge < -0.3 is 9.47 Å². The molecule has 3 aromatic carbocycles. The molecule has 0 radical (unpaired) electrons. The van der Waals surface area contributed by atoms with Crippen LogP contribution in [0.3, 0.4) is 0 Å². The van der Waals surface area contributed by atoms with E-state index in [9.17, 15) is 14.4 Å². The number of amides is 3. The van der Waals surface area contributed by atoms with Gasteiger partial charge in [0.1, 0.15) is 18.2 Å². The van der Waals surface area contributed by atoms with Gasteiger partial charge in [-0.25, -0.2) is 14.6 Å². The molecule has 4 rings (SSSR count). The SMILES string of the molecule is CN(NC(=O)[C@@H](Cc1ccccc1)N(C)C(=O)OCC1c2ccccc2-c2ccccc21)C(=O)OC(C)(C)C. The van der Waals surface area contributed by atoms with E-state index in [0.29, 0.717) is 0 Å². The molecule has 1 aliphatic carbocycles. The fourth-order valence-corrected chi connectivity index (χ4v) is 4.68. The Morgan fingerprint density at radius 3 is 1.92 bits per heavy atom. The second-order valence-electron chi connectivity index (χ2n) is 10.6. The van der Waals surface area contributed by atoms with Gasteiger partial charge in [-0.05, 0) is 48.6 Å². The van der Waals surface area contributed by atoms with Gasteiger partial charge in [-0.3, -0.25) is 15.1 Å². The standard InChI is InChI=1S/C31H35N3O5/c1-31(2,3)39-30(37)34(5)32-28(35)27(19-21-13-7-6-8-14-21)33(4)29(36)38-20-26-24-17-11-9-15-22(24)23-16-10-12-18-25(23)26/h6-18,26-27H,19-20H2,1-5H3,(H,32,35)/t27-/m1/s1. The molecule has 1 N–H and O–H groups in total. The van der Waals surface area contributed by atoms with Crippen molar-refractivity contribution in [3.8, 4) is 11.1 Å².